The molecule has 2 aromatic rings. The van der Waals surface area contributed by atoms with Crippen LogP contribution in [0.3, 0.4) is 0 Å². The van der Waals surface area contributed by atoms with E-state index in [9.17, 15) is 18.4 Å². The summed E-state index contributed by atoms with van der Waals surface area (Å²) in [5, 5.41) is 4.87. The third kappa shape index (κ3) is 4.74. The van der Waals surface area contributed by atoms with Gasteiger partial charge in [0.25, 0.3) is 11.8 Å². The zero-order chi connectivity index (χ0) is 18.4. The second-order valence-electron chi connectivity index (χ2n) is 4.99. The number of para-hydroxylation sites is 1. The van der Waals surface area contributed by atoms with Crippen molar-refractivity contribution in [1.82, 2.24) is 5.32 Å². The van der Waals surface area contributed by atoms with Gasteiger partial charge in [0, 0.05) is 13.7 Å². The van der Waals surface area contributed by atoms with E-state index in [-0.39, 0.29) is 21.8 Å². The fourth-order valence-electron chi connectivity index (χ4n) is 2.04. The van der Waals surface area contributed by atoms with Gasteiger partial charge in [-0.2, -0.15) is 0 Å². The molecule has 2 rings (SSSR count). The van der Waals surface area contributed by atoms with Crippen LogP contribution in [0.5, 0.6) is 0 Å². The smallest absolute Gasteiger partial charge is 0.257 e. The van der Waals surface area contributed by atoms with Crippen molar-refractivity contribution in [3.8, 4) is 0 Å². The Labute approximate surface area is 147 Å². The fourth-order valence-corrected chi connectivity index (χ4v) is 2.27. The SMILES string of the molecule is COCCNC(=O)c1ccccc1NC(=O)c1cc(F)c(F)cc1Cl. The molecule has 0 aromatic heterocycles. The van der Waals surface area contributed by atoms with Crippen molar-refractivity contribution in [2.24, 2.45) is 0 Å². The molecule has 0 bridgehead atoms. The third-order valence-corrected chi connectivity index (χ3v) is 3.58. The summed E-state index contributed by atoms with van der Waals surface area (Å²) in [5.41, 5.74) is 0.184. The number of carbonyl (C=O) groups excluding carboxylic acids is 2. The van der Waals surface area contributed by atoms with Crippen LogP contribution in [-0.2, 0) is 4.74 Å². The minimum absolute atomic E-state index is 0.211. The number of rotatable bonds is 6. The molecule has 2 aromatic carbocycles. The predicted molar refractivity (Wildman–Crippen MR) is 90.0 cm³/mol. The molecule has 0 aliphatic carbocycles. The molecule has 8 heteroatoms. The van der Waals surface area contributed by atoms with E-state index in [1.165, 1.54) is 19.2 Å². The Morgan fingerprint density at radius 2 is 1.76 bits per heavy atom. The molecule has 0 fully saturated rings. The van der Waals surface area contributed by atoms with Crippen LogP contribution in [0.25, 0.3) is 0 Å². The Hall–Kier alpha value is -2.51. The summed E-state index contributed by atoms with van der Waals surface area (Å²) in [4.78, 5) is 24.5. The van der Waals surface area contributed by atoms with Gasteiger partial charge in [-0.3, -0.25) is 9.59 Å². The average Bonchev–Trinajstić information content (AvgIpc) is 2.58. The standard InChI is InChI=1S/C17H15ClF2N2O3/c1-25-7-6-21-16(23)10-4-2-3-5-15(10)22-17(24)11-8-13(19)14(20)9-12(11)18/h2-5,8-9H,6-7H2,1H3,(H,21,23)(H,22,24). The molecule has 5 nitrogen and oxygen atoms in total. The highest BCUT2D eigenvalue weighted by atomic mass is 35.5. The van der Waals surface area contributed by atoms with Crippen LogP contribution in [0.15, 0.2) is 36.4 Å². The van der Waals surface area contributed by atoms with Crippen molar-refractivity contribution in [1.29, 1.82) is 0 Å². The maximum atomic E-state index is 13.3. The molecule has 0 heterocycles. The number of carbonyl (C=O) groups is 2. The van der Waals surface area contributed by atoms with Crippen molar-refractivity contribution in [3.05, 3.63) is 64.2 Å². The van der Waals surface area contributed by atoms with Gasteiger partial charge in [0.05, 0.1) is 28.4 Å². The zero-order valence-electron chi connectivity index (χ0n) is 13.2. The number of hydrogen-bond donors (Lipinski definition) is 2. The van der Waals surface area contributed by atoms with Gasteiger partial charge in [-0.1, -0.05) is 23.7 Å². The Morgan fingerprint density at radius 3 is 2.48 bits per heavy atom. The summed E-state index contributed by atoms with van der Waals surface area (Å²) < 4.78 is 31.3. The third-order valence-electron chi connectivity index (χ3n) is 3.27. The molecule has 0 spiro atoms. The predicted octanol–water partition coefficient (Wildman–Crippen LogP) is 3.25. The van der Waals surface area contributed by atoms with Gasteiger partial charge in [-0.15, -0.1) is 0 Å². The molecule has 0 saturated carbocycles. The minimum Gasteiger partial charge on any atom is -0.383 e. The Morgan fingerprint density at radius 1 is 1.08 bits per heavy atom. The molecular formula is C17H15ClF2N2O3. The largest absolute Gasteiger partial charge is 0.383 e. The topological polar surface area (TPSA) is 67.4 Å². The molecule has 0 atom stereocenters. The molecular weight excluding hydrogens is 354 g/mol. The van der Waals surface area contributed by atoms with Crippen LogP contribution >= 0.6 is 11.6 Å². The van der Waals surface area contributed by atoms with Gasteiger partial charge in [0.2, 0.25) is 0 Å². The number of nitrogens with one attached hydrogen (secondary N) is 2. The summed E-state index contributed by atoms with van der Waals surface area (Å²) in [7, 11) is 1.51. The molecule has 0 unspecified atom stereocenters. The van der Waals surface area contributed by atoms with E-state index >= 15 is 0 Å². The van der Waals surface area contributed by atoms with E-state index < -0.39 is 23.4 Å². The fraction of sp³-hybridized carbons (Fsp3) is 0.176. The van der Waals surface area contributed by atoms with Crippen molar-refractivity contribution in [2.75, 3.05) is 25.6 Å². The van der Waals surface area contributed by atoms with Gasteiger partial charge in [-0.25, -0.2) is 8.78 Å². The summed E-state index contributed by atoms with van der Waals surface area (Å²) in [5.74, 6) is -3.52. The van der Waals surface area contributed by atoms with Gasteiger partial charge >= 0.3 is 0 Å². The van der Waals surface area contributed by atoms with Gasteiger partial charge in [-0.05, 0) is 24.3 Å². The molecule has 2 N–H and O–H groups in total. The maximum absolute atomic E-state index is 13.3. The number of hydrogen-bond acceptors (Lipinski definition) is 3. The summed E-state index contributed by atoms with van der Waals surface area (Å²) >= 11 is 5.79. The lowest BCUT2D eigenvalue weighted by Crippen LogP contribution is -2.28. The lowest BCUT2D eigenvalue weighted by atomic mass is 10.1. The molecule has 0 aliphatic heterocycles. The Kier molecular flexibility index (Phi) is 6.44. The second-order valence-corrected chi connectivity index (χ2v) is 5.40. The summed E-state index contributed by atoms with van der Waals surface area (Å²) in [6.07, 6.45) is 0. The Balaban J connectivity index is 2.22. The van der Waals surface area contributed by atoms with Crippen LogP contribution in [0.4, 0.5) is 14.5 Å². The van der Waals surface area contributed by atoms with Crippen LogP contribution in [0.1, 0.15) is 20.7 Å². The van der Waals surface area contributed by atoms with E-state index in [4.69, 9.17) is 16.3 Å². The number of halogens is 3. The van der Waals surface area contributed by atoms with Gasteiger partial charge in [0.15, 0.2) is 11.6 Å². The highest BCUT2D eigenvalue weighted by Crippen LogP contribution is 2.22. The van der Waals surface area contributed by atoms with Crippen molar-refractivity contribution >= 4 is 29.1 Å². The lowest BCUT2D eigenvalue weighted by molar-refractivity contribution is 0.0938. The van der Waals surface area contributed by atoms with Crippen molar-refractivity contribution in [3.63, 3.8) is 0 Å². The first-order valence-electron chi connectivity index (χ1n) is 7.26. The number of benzene rings is 2. The van der Waals surface area contributed by atoms with Crippen LogP contribution in [0.2, 0.25) is 5.02 Å². The Bertz CT molecular complexity index is 799. The molecule has 25 heavy (non-hydrogen) atoms. The van der Waals surface area contributed by atoms with Gasteiger partial charge in [0.1, 0.15) is 0 Å². The lowest BCUT2D eigenvalue weighted by Gasteiger charge is -2.12. The number of anilines is 1. The number of amides is 2. The van der Waals surface area contributed by atoms with E-state index in [1.54, 1.807) is 12.1 Å². The normalized spacial score (nSPS) is 10.4. The maximum Gasteiger partial charge on any atom is 0.257 e. The number of ether oxygens (including phenoxy) is 1. The molecule has 0 radical (unpaired) electrons. The molecule has 0 saturated heterocycles. The monoisotopic (exact) mass is 368 g/mol. The van der Waals surface area contributed by atoms with Crippen molar-refractivity contribution < 1.29 is 23.1 Å². The van der Waals surface area contributed by atoms with E-state index in [0.29, 0.717) is 19.2 Å². The van der Waals surface area contributed by atoms with E-state index in [1.807, 2.05) is 0 Å². The highest BCUT2D eigenvalue weighted by Gasteiger charge is 2.18. The summed E-state index contributed by atoms with van der Waals surface area (Å²) in [6, 6.07) is 7.70. The first-order chi connectivity index (χ1) is 11.9. The van der Waals surface area contributed by atoms with Crippen LogP contribution < -0.4 is 10.6 Å². The quantitative estimate of drug-likeness (QED) is 0.607. The van der Waals surface area contributed by atoms with Crippen LogP contribution in [-0.4, -0.2) is 32.1 Å². The first kappa shape index (κ1) is 18.8. The molecule has 0 aliphatic rings. The van der Waals surface area contributed by atoms with E-state index in [0.717, 1.165) is 6.07 Å². The molecule has 132 valence electrons. The minimum atomic E-state index is -1.19. The highest BCUT2D eigenvalue weighted by molar-refractivity contribution is 6.34. The summed E-state index contributed by atoms with van der Waals surface area (Å²) in [6.45, 7) is 0.636. The second kappa shape index (κ2) is 8.55. The van der Waals surface area contributed by atoms with Crippen molar-refractivity contribution in [2.45, 2.75) is 0 Å². The average molecular weight is 369 g/mol. The zero-order valence-corrected chi connectivity index (χ0v) is 14.0. The molecule has 2 amide bonds. The van der Waals surface area contributed by atoms with Gasteiger partial charge < -0.3 is 15.4 Å². The first-order valence-corrected chi connectivity index (χ1v) is 7.64. The van der Waals surface area contributed by atoms with E-state index in [2.05, 4.69) is 10.6 Å². The number of methoxy groups -OCH3 is 1. The van der Waals surface area contributed by atoms with Crippen LogP contribution in [0, 0.1) is 11.6 Å².